The van der Waals surface area contributed by atoms with Crippen molar-refractivity contribution in [2.24, 2.45) is 0 Å². The second kappa shape index (κ2) is 13.8. The second-order valence-electron chi connectivity index (χ2n) is 9.50. The summed E-state index contributed by atoms with van der Waals surface area (Å²) < 4.78 is 10.9. The fourth-order valence-corrected chi connectivity index (χ4v) is 4.52. The monoisotopic (exact) mass is 528 g/mol. The lowest BCUT2D eigenvalue weighted by molar-refractivity contribution is -0.245. The Hall–Kier alpha value is -0.820. The molecule has 4 unspecified atom stereocenters. The molecule has 2 rings (SSSR count). The van der Waals surface area contributed by atoms with Crippen molar-refractivity contribution in [2.45, 2.75) is 111 Å². The van der Waals surface area contributed by atoms with Crippen LogP contribution in [0, 0.1) is 0 Å². The summed E-state index contributed by atoms with van der Waals surface area (Å²) in [7, 11) is 0. The highest BCUT2D eigenvalue weighted by molar-refractivity contribution is 5.08. The van der Waals surface area contributed by atoms with Crippen LogP contribution in [0.1, 0.15) is 25.7 Å². The Balaban J connectivity index is 1.97. The highest BCUT2D eigenvalue weighted by atomic mass is 16.6. The summed E-state index contributed by atoms with van der Waals surface area (Å²) in [5, 5.41) is 120. The largest absolute Gasteiger partial charge is 0.396 e. The number of hydrogen-bond acceptors (Lipinski definition) is 14. The zero-order valence-electron chi connectivity index (χ0n) is 19.7. The van der Waals surface area contributed by atoms with E-state index in [4.69, 9.17) is 19.7 Å². The average Bonchev–Trinajstić information content (AvgIpc) is 2.86. The smallest absolute Gasteiger partial charge is 0.115 e. The molecule has 14 atom stereocenters. The molecule has 0 aliphatic carbocycles. The molecule has 36 heavy (non-hydrogen) atoms. The number of ether oxygens (including phenoxy) is 2. The van der Waals surface area contributed by atoms with Crippen molar-refractivity contribution in [3.63, 3.8) is 0 Å². The van der Waals surface area contributed by atoms with Crippen LogP contribution in [-0.4, -0.2) is 160 Å². The van der Waals surface area contributed by atoms with E-state index in [9.17, 15) is 51.1 Å². The Kier molecular flexibility index (Phi) is 12.1. The summed E-state index contributed by atoms with van der Waals surface area (Å²) in [5.41, 5.74) is 0.0241. The Bertz CT molecular complexity index is 681. The van der Waals surface area contributed by atoms with Crippen molar-refractivity contribution in [2.75, 3.05) is 13.2 Å². The maximum Gasteiger partial charge on any atom is 0.115 e. The van der Waals surface area contributed by atoms with Crippen LogP contribution < -0.4 is 0 Å². The van der Waals surface area contributed by atoms with E-state index in [1.54, 1.807) is 0 Å². The first-order valence-corrected chi connectivity index (χ1v) is 11.9. The third-order valence-electron chi connectivity index (χ3n) is 6.88. The molecule has 2 fully saturated rings. The first-order chi connectivity index (χ1) is 16.8. The second-order valence-corrected chi connectivity index (χ2v) is 9.50. The van der Waals surface area contributed by atoms with Gasteiger partial charge >= 0.3 is 0 Å². The highest BCUT2D eigenvalue weighted by Gasteiger charge is 2.47. The predicted molar refractivity (Wildman–Crippen MR) is 119 cm³/mol. The molecule has 2 saturated heterocycles. The lowest BCUT2D eigenvalue weighted by Crippen LogP contribution is -2.60. The van der Waals surface area contributed by atoms with Crippen molar-refractivity contribution in [1.82, 2.24) is 0 Å². The van der Waals surface area contributed by atoms with Gasteiger partial charge in [-0.05, 0) is 24.8 Å². The van der Waals surface area contributed by atoms with Crippen molar-refractivity contribution in [3.8, 4) is 0 Å². The first-order valence-electron chi connectivity index (χ1n) is 11.9. The summed E-state index contributed by atoms with van der Waals surface area (Å²) in [5.74, 6) is 0. The van der Waals surface area contributed by atoms with Crippen LogP contribution in [0.5, 0.6) is 0 Å². The van der Waals surface area contributed by atoms with Gasteiger partial charge in [0.1, 0.15) is 61.0 Å². The van der Waals surface area contributed by atoms with Gasteiger partial charge < -0.3 is 70.8 Å². The van der Waals surface area contributed by atoms with Crippen molar-refractivity contribution < 1.29 is 70.8 Å². The number of aliphatic hydroxyl groups is 12. The molecule has 0 aromatic heterocycles. The van der Waals surface area contributed by atoms with Crippen LogP contribution in [0.4, 0.5) is 0 Å². The fourth-order valence-electron chi connectivity index (χ4n) is 4.52. The molecule has 14 heteroatoms. The minimum Gasteiger partial charge on any atom is -0.396 e. The molecule has 0 amide bonds. The minimum absolute atomic E-state index is 0.0241. The Morgan fingerprint density at radius 3 is 2.03 bits per heavy atom. The highest BCUT2D eigenvalue weighted by Crippen LogP contribution is 2.30. The third kappa shape index (κ3) is 7.18. The molecule has 2 heterocycles. The van der Waals surface area contributed by atoms with Gasteiger partial charge in [0.25, 0.3) is 0 Å². The maximum absolute atomic E-state index is 10.6. The SMILES string of the molecule is C=C(CC[C@H](O)C1OC(CCO)[C@@H](O)[C@@H](O)[C@@H]1O)[C@H](O)[C@H](O)C1C[C@H](O)[C@H](O)C([C@H](O)[C@H](O)CO)O1. The predicted octanol–water partition coefficient (Wildman–Crippen LogP) is -5.77. The molecule has 0 radical (unpaired) electrons. The standard InChI is InChI=1S/C22H40O14/c1-8(2-3-9(25)21-20(34)19(33)17(31)12(35-21)4-5-23)14(28)18(32)13-6-10(26)15(29)22(36-13)16(30)11(27)7-24/h9-34H,1-7H2/t9-,10-,11+,12?,13?,14-,15-,16+,17+,18+,19+,20-,21?,22?/m0/s1. The zero-order valence-corrected chi connectivity index (χ0v) is 19.7. The molecular weight excluding hydrogens is 488 g/mol. The van der Waals surface area contributed by atoms with Crippen LogP contribution in [0.15, 0.2) is 12.2 Å². The van der Waals surface area contributed by atoms with E-state index in [2.05, 4.69) is 6.58 Å². The van der Waals surface area contributed by atoms with Crippen LogP contribution in [-0.2, 0) is 9.47 Å². The molecule has 212 valence electrons. The lowest BCUT2D eigenvalue weighted by Gasteiger charge is -2.43. The maximum atomic E-state index is 10.6. The Morgan fingerprint density at radius 2 is 1.44 bits per heavy atom. The van der Waals surface area contributed by atoms with E-state index in [0.717, 1.165) is 0 Å². The third-order valence-corrected chi connectivity index (χ3v) is 6.88. The fraction of sp³-hybridized carbons (Fsp3) is 0.909. The minimum atomic E-state index is -1.80. The zero-order chi connectivity index (χ0) is 27.3. The van der Waals surface area contributed by atoms with Gasteiger partial charge in [-0.3, -0.25) is 0 Å². The van der Waals surface area contributed by atoms with Crippen LogP contribution >= 0.6 is 0 Å². The summed E-state index contributed by atoms with van der Waals surface area (Å²) >= 11 is 0. The molecule has 0 aromatic carbocycles. The summed E-state index contributed by atoms with van der Waals surface area (Å²) in [6.07, 6.45) is -21.9. The van der Waals surface area contributed by atoms with Crippen LogP contribution in [0.2, 0.25) is 0 Å². The Labute approximate surface area is 207 Å². The summed E-state index contributed by atoms with van der Waals surface area (Å²) in [6.45, 7) is 2.46. The quantitative estimate of drug-likeness (QED) is 0.105. The molecule has 0 spiro atoms. The lowest BCUT2D eigenvalue weighted by atomic mass is 9.87. The summed E-state index contributed by atoms with van der Waals surface area (Å²) in [6, 6.07) is 0. The average molecular weight is 529 g/mol. The van der Waals surface area contributed by atoms with E-state index in [1.165, 1.54) is 0 Å². The first kappa shape index (κ1) is 31.4. The molecular formula is C22H40O14. The molecule has 2 aliphatic rings. The molecule has 12 N–H and O–H groups in total. The van der Waals surface area contributed by atoms with E-state index < -0.39 is 92.1 Å². The van der Waals surface area contributed by atoms with Gasteiger partial charge in [-0.25, -0.2) is 0 Å². The van der Waals surface area contributed by atoms with Gasteiger partial charge in [0.05, 0.1) is 31.0 Å². The van der Waals surface area contributed by atoms with E-state index in [1.807, 2.05) is 0 Å². The Morgan fingerprint density at radius 1 is 0.806 bits per heavy atom. The molecule has 0 saturated carbocycles. The van der Waals surface area contributed by atoms with E-state index in [-0.39, 0.29) is 37.9 Å². The number of hydrogen-bond donors (Lipinski definition) is 12. The molecule has 0 bridgehead atoms. The van der Waals surface area contributed by atoms with Gasteiger partial charge in [0.2, 0.25) is 0 Å². The summed E-state index contributed by atoms with van der Waals surface area (Å²) in [4.78, 5) is 0. The molecule has 0 aromatic rings. The van der Waals surface area contributed by atoms with Gasteiger partial charge in [-0.15, -0.1) is 0 Å². The topological polar surface area (TPSA) is 261 Å². The van der Waals surface area contributed by atoms with Crippen molar-refractivity contribution in [1.29, 1.82) is 0 Å². The van der Waals surface area contributed by atoms with Crippen LogP contribution in [0.3, 0.4) is 0 Å². The molecule has 14 nitrogen and oxygen atoms in total. The number of aliphatic hydroxyl groups excluding tert-OH is 12. The number of rotatable bonds is 12. The van der Waals surface area contributed by atoms with Gasteiger partial charge in [0, 0.05) is 13.0 Å². The van der Waals surface area contributed by atoms with E-state index >= 15 is 0 Å². The van der Waals surface area contributed by atoms with E-state index in [0.29, 0.717) is 0 Å². The van der Waals surface area contributed by atoms with Gasteiger partial charge in [-0.1, -0.05) is 6.58 Å². The van der Waals surface area contributed by atoms with Crippen molar-refractivity contribution >= 4 is 0 Å². The van der Waals surface area contributed by atoms with Crippen molar-refractivity contribution in [3.05, 3.63) is 12.2 Å². The normalized spacial score (nSPS) is 39.7. The van der Waals surface area contributed by atoms with Crippen LogP contribution in [0.25, 0.3) is 0 Å². The molecule has 2 aliphatic heterocycles. The van der Waals surface area contributed by atoms with Gasteiger partial charge in [-0.2, -0.15) is 0 Å². The van der Waals surface area contributed by atoms with Gasteiger partial charge in [0.15, 0.2) is 0 Å².